The van der Waals surface area contributed by atoms with E-state index in [1.807, 2.05) is 12.1 Å². The van der Waals surface area contributed by atoms with Crippen molar-refractivity contribution in [1.82, 2.24) is 0 Å². The van der Waals surface area contributed by atoms with Crippen molar-refractivity contribution in [1.29, 1.82) is 0 Å². The molecule has 1 saturated carbocycles. The van der Waals surface area contributed by atoms with Crippen LogP contribution in [-0.2, 0) is 0 Å². The highest BCUT2D eigenvalue weighted by Gasteiger charge is 2.30. The quantitative estimate of drug-likeness (QED) is 0.851. The normalized spacial score (nSPS) is 17.4. The van der Waals surface area contributed by atoms with Crippen LogP contribution in [0.5, 0.6) is 0 Å². The predicted molar refractivity (Wildman–Crippen MR) is 63.4 cm³/mol. The Bertz CT molecular complexity index is 323. The lowest BCUT2D eigenvalue weighted by Gasteiger charge is -2.12. The maximum Gasteiger partial charge on any atom is 0.0454 e. The average Bonchev–Trinajstić information content (AvgIpc) is 2.91. The number of halogens is 3. The smallest absolute Gasteiger partial charge is 0.0454 e. The first kappa shape index (κ1) is 12.1. The lowest BCUT2D eigenvalue weighted by atomic mass is 10.0. The third kappa shape index (κ3) is 2.54. The van der Waals surface area contributed by atoms with E-state index in [1.54, 1.807) is 6.07 Å². The molecule has 0 radical (unpaired) electrons. The van der Waals surface area contributed by atoms with Crippen LogP contribution in [0.2, 0.25) is 10.0 Å². The summed E-state index contributed by atoms with van der Waals surface area (Å²) in [7, 11) is 0. The van der Waals surface area contributed by atoms with Crippen molar-refractivity contribution in [3.63, 3.8) is 0 Å². The minimum absolute atomic E-state index is 0. The monoisotopic (exact) mass is 251 g/mol. The van der Waals surface area contributed by atoms with Gasteiger partial charge in [0.05, 0.1) is 0 Å². The Kier molecular flexibility index (Phi) is 4.08. The fraction of sp³-hybridized carbons (Fsp3) is 0.400. The number of benzene rings is 1. The zero-order chi connectivity index (χ0) is 9.42. The first-order chi connectivity index (χ1) is 6.18. The molecule has 0 aromatic heterocycles. The molecule has 1 nitrogen and oxygen atoms in total. The predicted octanol–water partition coefficient (Wildman–Crippen LogP) is 3.83. The lowest BCUT2D eigenvalue weighted by Crippen LogP contribution is -2.12. The summed E-state index contributed by atoms with van der Waals surface area (Å²) in [6.07, 6.45) is 2.42. The average molecular weight is 253 g/mol. The van der Waals surface area contributed by atoms with Crippen LogP contribution in [0.1, 0.15) is 24.4 Å². The van der Waals surface area contributed by atoms with E-state index in [9.17, 15) is 0 Å². The van der Waals surface area contributed by atoms with Gasteiger partial charge in [0.25, 0.3) is 0 Å². The summed E-state index contributed by atoms with van der Waals surface area (Å²) in [5, 5.41) is 1.43. The summed E-state index contributed by atoms with van der Waals surface area (Å²) < 4.78 is 0. The van der Waals surface area contributed by atoms with Crippen LogP contribution in [0.4, 0.5) is 0 Å². The van der Waals surface area contributed by atoms with Gasteiger partial charge in [0.2, 0.25) is 0 Å². The second-order valence-corrected chi connectivity index (χ2v) is 4.37. The van der Waals surface area contributed by atoms with Gasteiger partial charge in [-0.05, 0) is 42.5 Å². The first-order valence-electron chi connectivity index (χ1n) is 4.39. The molecule has 2 N–H and O–H groups in total. The number of hydrogen-bond donors (Lipinski definition) is 1. The lowest BCUT2D eigenvalue weighted by molar-refractivity contribution is 0.634. The summed E-state index contributed by atoms with van der Waals surface area (Å²) in [6, 6.07) is 5.52. The van der Waals surface area contributed by atoms with Gasteiger partial charge in [-0.25, -0.2) is 0 Å². The molecule has 0 heterocycles. The number of rotatable bonds is 2. The fourth-order valence-electron chi connectivity index (χ4n) is 1.48. The van der Waals surface area contributed by atoms with Crippen molar-refractivity contribution in [3.05, 3.63) is 33.8 Å². The van der Waals surface area contributed by atoms with Crippen molar-refractivity contribution < 1.29 is 0 Å². The van der Waals surface area contributed by atoms with Crippen LogP contribution in [0.15, 0.2) is 18.2 Å². The minimum atomic E-state index is 0. The highest BCUT2D eigenvalue weighted by atomic mass is 35.5. The standard InChI is InChI=1S/C10H11Cl2N.ClH/c11-7-3-4-9(12)8(5-7)10(13)6-1-2-6;/h3-6,10H,1-2,13H2;1H/t10-;/m0./s1. The number of nitrogens with two attached hydrogens (primary N) is 1. The molecule has 0 bridgehead atoms. The summed E-state index contributed by atoms with van der Waals surface area (Å²) in [4.78, 5) is 0. The second kappa shape index (κ2) is 4.71. The molecule has 1 aromatic carbocycles. The highest BCUT2D eigenvalue weighted by molar-refractivity contribution is 6.33. The Morgan fingerprint density at radius 2 is 1.93 bits per heavy atom. The van der Waals surface area contributed by atoms with Gasteiger partial charge in [0.1, 0.15) is 0 Å². The van der Waals surface area contributed by atoms with Gasteiger partial charge in [0.15, 0.2) is 0 Å². The van der Waals surface area contributed by atoms with Gasteiger partial charge >= 0.3 is 0 Å². The van der Waals surface area contributed by atoms with Crippen molar-refractivity contribution in [2.45, 2.75) is 18.9 Å². The van der Waals surface area contributed by atoms with Gasteiger partial charge in [-0.15, -0.1) is 12.4 Å². The molecule has 78 valence electrons. The molecule has 1 aliphatic rings. The molecule has 0 spiro atoms. The van der Waals surface area contributed by atoms with E-state index in [-0.39, 0.29) is 18.4 Å². The third-order valence-corrected chi connectivity index (χ3v) is 3.03. The molecule has 0 aliphatic heterocycles. The van der Waals surface area contributed by atoms with Gasteiger partial charge in [0, 0.05) is 16.1 Å². The zero-order valence-corrected chi connectivity index (χ0v) is 9.87. The molecule has 4 heteroatoms. The van der Waals surface area contributed by atoms with E-state index in [4.69, 9.17) is 28.9 Å². The molecular formula is C10H12Cl3N. The molecule has 1 fully saturated rings. The van der Waals surface area contributed by atoms with Gasteiger partial charge in [-0.2, -0.15) is 0 Å². The zero-order valence-electron chi connectivity index (χ0n) is 7.54. The van der Waals surface area contributed by atoms with E-state index >= 15 is 0 Å². The van der Waals surface area contributed by atoms with E-state index < -0.39 is 0 Å². The minimum Gasteiger partial charge on any atom is -0.324 e. The Labute approximate surface area is 100.0 Å². The van der Waals surface area contributed by atoms with Crippen molar-refractivity contribution >= 4 is 35.6 Å². The topological polar surface area (TPSA) is 26.0 Å². The maximum absolute atomic E-state index is 6.03. The Morgan fingerprint density at radius 1 is 1.29 bits per heavy atom. The largest absolute Gasteiger partial charge is 0.324 e. The second-order valence-electron chi connectivity index (χ2n) is 3.53. The summed E-state index contributed by atoms with van der Waals surface area (Å²) in [6.45, 7) is 0. The van der Waals surface area contributed by atoms with Gasteiger partial charge < -0.3 is 5.73 Å². The fourth-order valence-corrected chi connectivity index (χ4v) is 1.90. The molecule has 1 atom stereocenters. The van der Waals surface area contributed by atoms with Crippen LogP contribution in [-0.4, -0.2) is 0 Å². The number of hydrogen-bond acceptors (Lipinski definition) is 1. The first-order valence-corrected chi connectivity index (χ1v) is 5.14. The third-order valence-electron chi connectivity index (χ3n) is 2.45. The van der Waals surface area contributed by atoms with Crippen LogP contribution in [0.25, 0.3) is 0 Å². The Hall–Kier alpha value is 0.0500. The maximum atomic E-state index is 6.03. The summed E-state index contributed by atoms with van der Waals surface area (Å²) >= 11 is 11.9. The molecular weight excluding hydrogens is 240 g/mol. The van der Waals surface area contributed by atoms with Crippen molar-refractivity contribution in [2.75, 3.05) is 0 Å². The summed E-state index contributed by atoms with van der Waals surface area (Å²) in [5.41, 5.74) is 7.01. The molecule has 1 aliphatic carbocycles. The van der Waals surface area contributed by atoms with E-state index in [1.165, 1.54) is 12.8 Å². The SMILES string of the molecule is Cl.N[C@H](c1cc(Cl)ccc1Cl)C1CC1. The van der Waals surface area contributed by atoms with Crippen molar-refractivity contribution in [3.8, 4) is 0 Å². The van der Waals surface area contributed by atoms with Gasteiger partial charge in [-0.3, -0.25) is 0 Å². The Balaban J connectivity index is 0.000000980. The van der Waals surface area contributed by atoms with Gasteiger partial charge in [-0.1, -0.05) is 23.2 Å². The highest BCUT2D eigenvalue weighted by Crippen LogP contribution is 2.41. The molecule has 0 amide bonds. The van der Waals surface area contributed by atoms with Crippen LogP contribution in [0, 0.1) is 5.92 Å². The van der Waals surface area contributed by atoms with Crippen LogP contribution >= 0.6 is 35.6 Å². The molecule has 1 aromatic rings. The molecule has 2 rings (SSSR count). The molecule has 0 saturated heterocycles. The van der Waals surface area contributed by atoms with E-state index in [0.29, 0.717) is 10.9 Å². The van der Waals surface area contributed by atoms with Crippen LogP contribution in [0.3, 0.4) is 0 Å². The Morgan fingerprint density at radius 3 is 2.50 bits per heavy atom. The molecule has 14 heavy (non-hydrogen) atoms. The van der Waals surface area contributed by atoms with Crippen molar-refractivity contribution in [2.24, 2.45) is 11.7 Å². The van der Waals surface area contributed by atoms with E-state index in [0.717, 1.165) is 10.6 Å². The van der Waals surface area contributed by atoms with Crippen LogP contribution < -0.4 is 5.73 Å². The summed E-state index contributed by atoms with van der Waals surface area (Å²) in [5.74, 6) is 0.607. The van der Waals surface area contributed by atoms with E-state index in [2.05, 4.69) is 0 Å². The molecule has 0 unspecified atom stereocenters.